The molecule has 0 fully saturated rings. The molecule has 156 valence electrons. The van der Waals surface area contributed by atoms with E-state index in [9.17, 15) is 0 Å². The Kier molecular flexibility index (Phi) is 14.1. The Morgan fingerprint density at radius 2 is 1.66 bits per heavy atom. The van der Waals surface area contributed by atoms with Crippen molar-refractivity contribution >= 4 is 3.21 Å². The Balaban J connectivity index is 0.000000392. The third kappa shape index (κ3) is 10.3. The third-order valence-electron chi connectivity index (χ3n) is 4.92. The van der Waals surface area contributed by atoms with Gasteiger partial charge in [-0.05, 0) is 0 Å². The summed E-state index contributed by atoms with van der Waals surface area (Å²) in [5.74, 6) is 0. The van der Waals surface area contributed by atoms with E-state index in [1.165, 1.54) is 64.3 Å². The van der Waals surface area contributed by atoms with Gasteiger partial charge in [0.05, 0.1) is 0 Å². The molecule has 2 aliphatic rings. The molecule has 2 aromatic carbocycles. The summed E-state index contributed by atoms with van der Waals surface area (Å²) in [6.45, 7) is 8.83. The van der Waals surface area contributed by atoms with Crippen molar-refractivity contribution in [3.8, 4) is 0 Å². The van der Waals surface area contributed by atoms with E-state index in [2.05, 4.69) is 88.4 Å². The number of halogens is 2. The maximum Gasteiger partial charge on any atom is -0.0512 e. The summed E-state index contributed by atoms with van der Waals surface area (Å²) >= 11 is 1.51. The molecular formula is C26H32Cl2Zr-2. The Morgan fingerprint density at radius 1 is 1.00 bits per heavy atom. The van der Waals surface area contributed by atoms with Gasteiger partial charge >= 0.3 is 70.3 Å². The average Bonchev–Trinajstić information content (AvgIpc) is 3.35. The Morgan fingerprint density at radius 3 is 2.10 bits per heavy atom. The quantitative estimate of drug-likeness (QED) is 0.502. The Bertz CT molecular complexity index is 756. The topological polar surface area (TPSA) is 0 Å². The molecule has 29 heavy (non-hydrogen) atoms. The number of hydrogen-bond acceptors (Lipinski definition) is 0. The van der Waals surface area contributed by atoms with Crippen molar-refractivity contribution in [1.82, 2.24) is 0 Å². The zero-order valence-electron chi connectivity index (χ0n) is 18.1. The van der Waals surface area contributed by atoms with Crippen LogP contribution in [0.5, 0.6) is 0 Å². The van der Waals surface area contributed by atoms with Gasteiger partial charge in [-0.25, -0.2) is 12.1 Å². The van der Waals surface area contributed by atoms with E-state index < -0.39 is 0 Å². The van der Waals surface area contributed by atoms with Gasteiger partial charge in [0.25, 0.3) is 0 Å². The molecule has 0 aromatic heterocycles. The first kappa shape index (κ1) is 28.4. The van der Waals surface area contributed by atoms with Crippen LogP contribution in [0.2, 0.25) is 0 Å². The predicted octanol–water partition coefficient (Wildman–Crippen LogP) is 0.788. The number of rotatable bonds is 1. The minimum Gasteiger partial charge on any atom is -1.00 e. The molecule has 0 spiro atoms. The maximum atomic E-state index is 3.16. The van der Waals surface area contributed by atoms with Crippen LogP contribution in [0.3, 0.4) is 0 Å². The van der Waals surface area contributed by atoms with Gasteiger partial charge < -0.3 is 24.8 Å². The molecule has 2 aliphatic carbocycles. The average molecular weight is 507 g/mol. The fourth-order valence-electron chi connectivity index (χ4n) is 3.22. The van der Waals surface area contributed by atoms with Gasteiger partial charge in [-0.3, -0.25) is 6.08 Å². The smallest absolute Gasteiger partial charge is 0.0512 e. The summed E-state index contributed by atoms with van der Waals surface area (Å²) in [5.41, 5.74) is 6.31. The van der Waals surface area contributed by atoms with Crippen LogP contribution in [0.1, 0.15) is 63.6 Å². The fraction of sp³-hybridized carbons (Fsp3) is 0.385. The first-order valence-corrected chi connectivity index (χ1v) is 11.2. The molecule has 0 nitrogen and oxygen atoms in total. The van der Waals surface area contributed by atoms with Crippen LogP contribution < -0.4 is 24.8 Å². The van der Waals surface area contributed by atoms with Crippen molar-refractivity contribution < 1.29 is 49.0 Å². The second-order valence-electron chi connectivity index (χ2n) is 8.24. The molecular weight excluding hydrogens is 474 g/mol. The third-order valence-corrected chi connectivity index (χ3v) is 5.63. The molecule has 0 bridgehead atoms. The van der Waals surface area contributed by atoms with E-state index in [1.54, 1.807) is 11.1 Å². The van der Waals surface area contributed by atoms with Crippen LogP contribution in [0, 0.1) is 11.5 Å². The predicted molar refractivity (Wildman–Crippen MR) is 115 cm³/mol. The van der Waals surface area contributed by atoms with Crippen molar-refractivity contribution in [2.45, 2.75) is 59.8 Å². The number of fused-ring (bicyclic) bond motifs is 1. The molecule has 0 atom stereocenters. The molecule has 0 saturated carbocycles. The number of benzene rings is 1. The van der Waals surface area contributed by atoms with Gasteiger partial charge in [0, 0.05) is 0 Å². The van der Waals surface area contributed by atoms with E-state index in [-0.39, 0.29) is 24.8 Å². The SMILES string of the molecule is CC(C)(C)C1=CC[C-]=C1.C[C](=[Zr+2])c1ccccc1.[Cl-].[Cl-].c1cc2c([cH-]1)CCCC2. The number of allylic oxidation sites excluding steroid dienone is 4. The summed E-state index contributed by atoms with van der Waals surface area (Å²) in [6, 6.07) is 17.2. The van der Waals surface area contributed by atoms with Crippen LogP contribution in [0.25, 0.3) is 0 Å². The van der Waals surface area contributed by atoms with E-state index >= 15 is 0 Å². The summed E-state index contributed by atoms with van der Waals surface area (Å²) in [6.07, 6.45) is 13.9. The molecule has 3 heteroatoms. The summed E-state index contributed by atoms with van der Waals surface area (Å²) in [5, 5.41) is 0. The zero-order chi connectivity index (χ0) is 19.7. The van der Waals surface area contributed by atoms with E-state index in [1.807, 2.05) is 6.07 Å². The number of hydrogen-bond donors (Lipinski definition) is 0. The first-order chi connectivity index (χ1) is 12.9. The largest absolute Gasteiger partial charge is 1.00 e. The summed E-state index contributed by atoms with van der Waals surface area (Å²) in [4.78, 5) is 0. The number of aryl methyl sites for hydroxylation is 2. The van der Waals surface area contributed by atoms with Gasteiger partial charge in [-0.1, -0.05) is 51.9 Å². The van der Waals surface area contributed by atoms with Crippen LogP contribution in [0.4, 0.5) is 0 Å². The monoisotopic (exact) mass is 504 g/mol. The van der Waals surface area contributed by atoms with Crippen molar-refractivity contribution in [2.75, 3.05) is 0 Å². The maximum absolute atomic E-state index is 3.16. The summed E-state index contributed by atoms with van der Waals surface area (Å²) in [7, 11) is 0. The molecule has 0 radical (unpaired) electrons. The molecule has 2 aromatic rings. The van der Waals surface area contributed by atoms with Gasteiger partial charge in [-0.2, -0.15) is 34.9 Å². The molecule has 0 saturated heterocycles. The van der Waals surface area contributed by atoms with Crippen molar-refractivity contribution in [3.05, 3.63) is 89.0 Å². The molecule has 0 amide bonds. The normalized spacial score (nSPS) is 13.9. The summed E-state index contributed by atoms with van der Waals surface area (Å²) < 4.78 is 1.46. The Labute approximate surface area is 205 Å². The minimum atomic E-state index is 0. The fourth-order valence-corrected chi connectivity index (χ4v) is 3.63. The first-order valence-electron chi connectivity index (χ1n) is 9.99. The molecule has 4 rings (SSSR count). The molecule has 0 unspecified atom stereocenters. The molecule has 0 heterocycles. The van der Waals surface area contributed by atoms with Gasteiger partial charge in [0.15, 0.2) is 0 Å². The van der Waals surface area contributed by atoms with Gasteiger partial charge in [0.2, 0.25) is 0 Å². The van der Waals surface area contributed by atoms with Crippen LogP contribution in [0.15, 0.2) is 66.3 Å². The minimum absolute atomic E-state index is 0. The standard InChI is InChI=1S/C9H11.C9H13.C8H8.2ClH.Zr/c1-2-5-9-7-3-6-8(9)4-1;1-9(2,3)8-6-4-5-7-8;1-2-8-6-4-3-5-7-8;;;/h3,6-7H,1-2,4-5H2;6-7H,4H2,1-3H3;3-7H,1H3;2*1H;/q2*-1;;;;+2/p-2. The van der Waals surface area contributed by atoms with Gasteiger partial charge in [0.1, 0.15) is 0 Å². The molecule has 0 N–H and O–H groups in total. The zero-order valence-corrected chi connectivity index (χ0v) is 22.0. The van der Waals surface area contributed by atoms with E-state index in [0.29, 0.717) is 5.41 Å². The second kappa shape index (κ2) is 14.4. The van der Waals surface area contributed by atoms with Gasteiger partial charge in [-0.15, -0.1) is 6.42 Å². The Hall–Kier alpha value is -0.617. The van der Waals surface area contributed by atoms with E-state index in [0.717, 1.165) is 6.42 Å². The van der Waals surface area contributed by atoms with Crippen molar-refractivity contribution in [1.29, 1.82) is 0 Å². The van der Waals surface area contributed by atoms with Crippen molar-refractivity contribution in [3.63, 3.8) is 0 Å². The second-order valence-corrected chi connectivity index (χ2v) is 10.1. The van der Waals surface area contributed by atoms with Crippen molar-refractivity contribution in [2.24, 2.45) is 5.41 Å². The van der Waals surface area contributed by atoms with Crippen LogP contribution in [-0.4, -0.2) is 3.21 Å². The van der Waals surface area contributed by atoms with Crippen LogP contribution in [-0.2, 0) is 37.1 Å². The molecule has 0 aliphatic heterocycles. The van der Waals surface area contributed by atoms with E-state index in [4.69, 9.17) is 0 Å². The van der Waals surface area contributed by atoms with Crippen LogP contribution >= 0.6 is 0 Å².